The van der Waals surface area contributed by atoms with E-state index in [9.17, 15) is 14.4 Å². The van der Waals surface area contributed by atoms with Crippen molar-refractivity contribution in [1.82, 2.24) is 5.32 Å². The number of esters is 1. The normalized spacial score (nSPS) is 11.2. The molecule has 1 atom stereocenters. The number of hydrogen-bond acceptors (Lipinski definition) is 5. The molecule has 0 spiro atoms. The smallest absolute Gasteiger partial charge is 0.326 e. The Balaban J connectivity index is 1.71. The minimum atomic E-state index is -1.21. The van der Waals surface area contributed by atoms with Crippen molar-refractivity contribution in [1.29, 1.82) is 0 Å². The molecular formula is C25H23BrN2O5. The third-order valence-corrected chi connectivity index (χ3v) is 5.23. The van der Waals surface area contributed by atoms with Gasteiger partial charge in [0.2, 0.25) is 6.10 Å². The highest BCUT2D eigenvalue weighted by atomic mass is 79.9. The van der Waals surface area contributed by atoms with Crippen LogP contribution in [-0.4, -0.2) is 31.4 Å². The first-order chi connectivity index (χ1) is 15.9. The molecule has 0 heterocycles. The van der Waals surface area contributed by atoms with Crippen molar-refractivity contribution in [2.24, 2.45) is 0 Å². The summed E-state index contributed by atoms with van der Waals surface area (Å²) >= 11 is 3.30. The van der Waals surface area contributed by atoms with Gasteiger partial charge in [-0.2, -0.15) is 0 Å². The number of ether oxygens (including phenoxy) is 2. The quantitative estimate of drug-likeness (QED) is 0.437. The zero-order valence-electron chi connectivity index (χ0n) is 18.1. The van der Waals surface area contributed by atoms with Crippen LogP contribution in [0, 0.1) is 6.92 Å². The Morgan fingerprint density at radius 2 is 1.67 bits per heavy atom. The summed E-state index contributed by atoms with van der Waals surface area (Å²) in [5.41, 5.74) is 2.28. The fourth-order valence-corrected chi connectivity index (χ4v) is 3.31. The number of benzene rings is 3. The van der Waals surface area contributed by atoms with Gasteiger partial charge in [-0.1, -0.05) is 52.3 Å². The number of amides is 2. The van der Waals surface area contributed by atoms with Gasteiger partial charge in [0.1, 0.15) is 12.3 Å². The number of rotatable bonds is 8. The van der Waals surface area contributed by atoms with Gasteiger partial charge >= 0.3 is 5.97 Å². The van der Waals surface area contributed by atoms with Gasteiger partial charge in [-0.05, 0) is 48.9 Å². The Kier molecular flexibility index (Phi) is 8.21. The second kappa shape index (κ2) is 11.3. The molecule has 0 aliphatic heterocycles. The number of anilines is 1. The van der Waals surface area contributed by atoms with Crippen molar-refractivity contribution < 1.29 is 23.9 Å². The molecule has 0 bridgehead atoms. The van der Waals surface area contributed by atoms with Gasteiger partial charge in [-0.15, -0.1) is 0 Å². The van der Waals surface area contributed by atoms with Crippen LogP contribution in [0.25, 0.3) is 0 Å². The van der Waals surface area contributed by atoms with Crippen LogP contribution in [0.5, 0.6) is 5.75 Å². The molecule has 0 aliphatic rings. The van der Waals surface area contributed by atoms with E-state index in [1.54, 1.807) is 66.7 Å². The average molecular weight is 511 g/mol. The fraction of sp³-hybridized carbons (Fsp3) is 0.160. The van der Waals surface area contributed by atoms with Gasteiger partial charge in [0, 0.05) is 15.6 Å². The van der Waals surface area contributed by atoms with E-state index >= 15 is 0 Å². The molecule has 7 nitrogen and oxygen atoms in total. The average Bonchev–Trinajstić information content (AvgIpc) is 2.82. The van der Waals surface area contributed by atoms with Gasteiger partial charge in [0.05, 0.1) is 12.8 Å². The summed E-state index contributed by atoms with van der Waals surface area (Å²) in [4.78, 5) is 37.9. The first kappa shape index (κ1) is 24.0. The number of hydrogen-bond donors (Lipinski definition) is 2. The van der Waals surface area contributed by atoms with Crippen LogP contribution < -0.4 is 15.4 Å². The van der Waals surface area contributed by atoms with E-state index in [1.165, 1.54) is 7.11 Å². The number of halogens is 1. The molecule has 0 fully saturated rings. The Hall–Kier alpha value is -3.65. The van der Waals surface area contributed by atoms with Crippen LogP contribution >= 0.6 is 15.9 Å². The van der Waals surface area contributed by atoms with Gasteiger partial charge in [-0.25, -0.2) is 0 Å². The fourth-order valence-electron chi connectivity index (χ4n) is 3.05. The molecule has 0 aliphatic carbocycles. The molecule has 0 radical (unpaired) electrons. The summed E-state index contributed by atoms with van der Waals surface area (Å²) in [5, 5.41) is 5.28. The highest BCUT2D eigenvalue weighted by molar-refractivity contribution is 9.10. The lowest BCUT2D eigenvalue weighted by molar-refractivity contribution is -0.153. The summed E-state index contributed by atoms with van der Waals surface area (Å²) in [5.74, 6) is -1.24. The van der Waals surface area contributed by atoms with E-state index in [-0.39, 0.29) is 6.54 Å². The van der Waals surface area contributed by atoms with E-state index in [1.807, 2.05) is 13.0 Å². The van der Waals surface area contributed by atoms with Crippen LogP contribution in [-0.2, 0) is 14.3 Å². The standard InChI is InChI=1S/C25H23BrN2O5/c1-16-8-13-21(32-2)20(14-16)28-25(31)23(17-6-4-3-5-7-17)33-22(29)15-27-24(30)18-9-11-19(26)12-10-18/h3-14,23H,15H2,1-2H3,(H,27,30)(H,28,31)/t23-/m1/s1. The zero-order chi connectivity index (χ0) is 23.8. The molecule has 2 N–H and O–H groups in total. The van der Waals surface area contributed by atoms with E-state index in [0.717, 1.165) is 10.0 Å². The highest BCUT2D eigenvalue weighted by Crippen LogP contribution is 2.27. The van der Waals surface area contributed by atoms with Gasteiger partial charge in [0.25, 0.3) is 11.8 Å². The van der Waals surface area contributed by atoms with Crippen LogP contribution in [0.15, 0.2) is 77.3 Å². The number of carbonyl (C=O) groups excluding carboxylic acids is 3. The Labute approximate surface area is 200 Å². The summed E-state index contributed by atoms with van der Waals surface area (Å²) < 4.78 is 11.6. The van der Waals surface area contributed by atoms with E-state index in [0.29, 0.717) is 22.6 Å². The predicted molar refractivity (Wildman–Crippen MR) is 128 cm³/mol. The third kappa shape index (κ3) is 6.66. The Morgan fingerprint density at radius 1 is 0.970 bits per heavy atom. The summed E-state index contributed by atoms with van der Waals surface area (Å²) in [7, 11) is 1.50. The van der Waals surface area contributed by atoms with Crippen LogP contribution in [0.2, 0.25) is 0 Å². The number of nitrogens with one attached hydrogen (secondary N) is 2. The van der Waals surface area contributed by atoms with Crippen molar-refractivity contribution in [3.05, 3.63) is 94.0 Å². The molecule has 3 aromatic rings. The predicted octanol–water partition coefficient (Wildman–Crippen LogP) is 4.42. The molecule has 8 heteroatoms. The van der Waals surface area contributed by atoms with Crippen molar-refractivity contribution in [3.8, 4) is 5.75 Å². The number of methoxy groups -OCH3 is 1. The molecular weight excluding hydrogens is 488 g/mol. The molecule has 3 rings (SSSR count). The molecule has 3 aromatic carbocycles. The van der Waals surface area contributed by atoms with E-state index in [2.05, 4.69) is 26.6 Å². The maximum Gasteiger partial charge on any atom is 0.326 e. The first-order valence-corrected chi connectivity index (χ1v) is 10.9. The Morgan fingerprint density at radius 3 is 2.33 bits per heavy atom. The van der Waals surface area contributed by atoms with Gasteiger partial charge in [-0.3, -0.25) is 14.4 Å². The first-order valence-electron chi connectivity index (χ1n) is 10.1. The summed E-state index contributed by atoms with van der Waals surface area (Å²) in [6, 6.07) is 20.7. The zero-order valence-corrected chi connectivity index (χ0v) is 19.7. The molecule has 0 saturated carbocycles. The minimum Gasteiger partial charge on any atom is -0.495 e. The van der Waals surface area contributed by atoms with Crippen LogP contribution in [0.1, 0.15) is 27.6 Å². The minimum absolute atomic E-state index is 0.390. The number of carbonyl (C=O) groups is 3. The van der Waals surface area contributed by atoms with Gasteiger partial charge in [0.15, 0.2) is 0 Å². The molecule has 2 amide bonds. The molecule has 33 heavy (non-hydrogen) atoms. The maximum atomic E-state index is 13.1. The van der Waals surface area contributed by atoms with Crippen molar-refractivity contribution in [2.45, 2.75) is 13.0 Å². The van der Waals surface area contributed by atoms with Crippen LogP contribution in [0.3, 0.4) is 0 Å². The van der Waals surface area contributed by atoms with Crippen LogP contribution in [0.4, 0.5) is 5.69 Å². The van der Waals surface area contributed by atoms with Crippen molar-refractivity contribution in [3.63, 3.8) is 0 Å². The lowest BCUT2D eigenvalue weighted by Crippen LogP contribution is -2.33. The van der Waals surface area contributed by atoms with E-state index in [4.69, 9.17) is 9.47 Å². The maximum absolute atomic E-state index is 13.1. The molecule has 170 valence electrons. The monoisotopic (exact) mass is 510 g/mol. The van der Waals surface area contributed by atoms with Crippen molar-refractivity contribution in [2.75, 3.05) is 19.0 Å². The second-order valence-electron chi connectivity index (χ2n) is 7.16. The Bertz CT molecular complexity index is 1130. The summed E-state index contributed by atoms with van der Waals surface area (Å²) in [6.07, 6.45) is -1.21. The molecule has 0 aromatic heterocycles. The van der Waals surface area contributed by atoms with E-state index < -0.39 is 23.9 Å². The molecule has 0 saturated heterocycles. The second-order valence-corrected chi connectivity index (χ2v) is 8.08. The van der Waals surface area contributed by atoms with Gasteiger partial charge < -0.3 is 20.1 Å². The lowest BCUT2D eigenvalue weighted by Gasteiger charge is -2.19. The SMILES string of the molecule is COc1ccc(C)cc1NC(=O)[C@H](OC(=O)CNC(=O)c1ccc(Br)cc1)c1ccccc1. The van der Waals surface area contributed by atoms with Crippen molar-refractivity contribution >= 4 is 39.4 Å². The number of aryl methyl sites for hydroxylation is 1. The largest absolute Gasteiger partial charge is 0.495 e. The molecule has 0 unspecified atom stereocenters. The third-order valence-electron chi connectivity index (χ3n) is 4.70. The summed E-state index contributed by atoms with van der Waals surface area (Å²) in [6.45, 7) is 1.50. The topological polar surface area (TPSA) is 93.7 Å². The highest BCUT2D eigenvalue weighted by Gasteiger charge is 2.26. The lowest BCUT2D eigenvalue weighted by atomic mass is 10.1.